The van der Waals surface area contributed by atoms with Crippen molar-refractivity contribution in [1.82, 2.24) is 4.98 Å². The highest BCUT2D eigenvalue weighted by Crippen LogP contribution is 2.32. The number of benzene rings is 1. The number of nitrogens with two attached hydrogens (primary N) is 1. The molecule has 0 atom stereocenters. The molecule has 0 saturated carbocycles. The van der Waals surface area contributed by atoms with Crippen LogP contribution in [0.4, 0.5) is 27.8 Å². The van der Waals surface area contributed by atoms with Crippen molar-refractivity contribution >= 4 is 34.8 Å². The minimum absolute atomic E-state index is 0.00335. The van der Waals surface area contributed by atoms with Gasteiger partial charge < -0.3 is 21.0 Å². The second kappa shape index (κ2) is 8.99. The molecule has 0 spiro atoms. The molecule has 0 fully saturated rings. The van der Waals surface area contributed by atoms with Crippen molar-refractivity contribution in [3.05, 3.63) is 52.1 Å². The normalized spacial score (nSPS) is 10.9. The fraction of sp³-hybridized carbons (Fsp3) is 0.188. The smallest absolute Gasteiger partial charge is 0.412 e. The highest BCUT2D eigenvalue weighted by molar-refractivity contribution is 6.03. The Labute approximate surface area is 154 Å². The Balaban J connectivity index is 2.28. The maximum atomic E-state index is 11.5. The number of hydrogen-bond acceptors (Lipinski definition) is 9. The van der Waals surface area contributed by atoms with Gasteiger partial charge in [0.15, 0.2) is 0 Å². The minimum Gasteiger partial charge on any atom is -0.450 e. The fourth-order valence-corrected chi connectivity index (χ4v) is 2.23. The lowest BCUT2D eigenvalue weighted by molar-refractivity contribution is -0.383. The van der Waals surface area contributed by atoms with Gasteiger partial charge in [-0.25, -0.2) is 9.78 Å². The molecule has 0 aliphatic heterocycles. The van der Waals surface area contributed by atoms with Gasteiger partial charge in [-0.3, -0.25) is 15.4 Å². The Morgan fingerprint density at radius 1 is 1.41 bits per heavy atom. The van der Waals surface area contributed by atoms with E-state index in [1.165, 1.54) is 6.07 Å². The number of pyridine rings is 1. The molecule has 1 aromatic heterocycles. The van der Waals surface area contributed by atoms with Crippen molar-refractivity contribution in [2.75, 3.05) is 29.5 Å². The highest BCUT2D eigenvalue weighted by Gasteiger charge is 2.22. The molecule has 11 nitrogen and oxygen atoms in total. The van der Waals surface area contributed by atoms with Gasteiger partial charge in [-0.05, 0) is 6.92 Å². The van der Waals surface area contributed by atoms with Gasteiger partial charge >= 0.3 is 11.8 Å². The number of carbonyl (C=O) groups is 1. The van der Waals surface area contributed by atoms with E-state index in [2.05, 4.69) is 20.8 Å². The van der Waals surface area contributed by atoms with E-state index in [1.54, 1.807) is 37.3 Å². The molecule has 2 aromatic rings. The summed E-state index contributed by atoms with van der Waals surface area (Å²) in [4.78, 5) is 25.9. The largest absolute Gasteiger partial charge is 0.450 e. The first kappa shape index (κ1) is 19.4. The molecule has 0 aliphatic carbocycles. The number of carbonyl (C=O) groups excluding carboxylic acids is 1. The van der Waals surface area contributed by atoms with E-state index in [-0.39, 0.29) is 36.2 Å². The Morgan fingerprint density at radius 2 is 2.11 bits per heavy atom. The average molecular weight is 374 g/mol. The minimum atomic E-state index is -0.772. The Hall–Kier alpha value is -3.89. The quantitative estimate of drug-likeness (QED) is 0.248. The first-order valence-corrected chi connectivity index (χ1v) is 7.85. The van der Waals surface area contributed by atoms with Crippen LogP contribution in [0.15, 0.2) is 41.6 Å². The first-order valence-electron chi connectivity index (χ1n) is 7.85. The Bertz CT molecular complexity index is 856. The number of anilines is 3. The summed E-state index contributed by atoms with van der Waals surface area (Å²) in [5, 5.41) is 28.9. The maximum Gasteiger partial charge on any atom is 0.412 e. The van der Waals surface area contributed by atoms with Crippen molar-refractivity contribution in [2.24, 2.45) is 5.16 Å². The maximum absolute atomic E-state index is 11.5. The van der Waals surface area contributed by atoms with Gasteiger partial charge in [0.2, 0.25) is 5.82 Å². The van der Waals surface area contributed by atoms with Crippen molar-refractivity contribution in [3.63, 3.8) is 0 Å². The molecular weight excluding hydrogens is 356 g/mol. The predicted molar refractivity (Wildman–Crippen MR) is 99.2 cm³/mol. The monoisotopic (exact) mass is 374 g/mol. The van der Waals surface area contributed by atoms with E-state index in [0.29, 0.717) is 5.56 Å². The molecule has 11 heteroatoms. The molecule has 0 radical (unpaired) electrons. The number of oxime groups is 1. The SMILES string of the molecule is CCOC(=O)Nc1cc(NC/C(=N/O)c2ccccc2)c([N+](=O)[O-])c(N)n1. The van der Waals surface area contributed by atoms with Crippen molar-refractivity contribution in [2.45, 2.75) is 6.92 Å². The van der Waals surface area contributed by atoms with E-state index in [9.17, 15) is 20.1 Å². The summed E-state index contributed by atoms with van der Waals surface area (Å²) >= 11 is 0. The standard InChI is InChI=1S/C16H18N6O5/c1-2-27-16(23)20-13-8-11(14(22(25)26)15(17)19-13)18-9-12(21-24)10-6-4-3-5-7-10/h3-8,24H,2,9H2,1H3,(H4,17,18,19,20,23)/b21-12-. The molecule has 0 saturated heterocycles. The van der Waals surface area contributed by atoms with Gasteiger partial charge in [0.1, 0.15) is 17.2 Å². The summed E-state index contributed by atoms with van der Waals surface area (Å²) < 4.78 is 4.74. The van der Waals surface area contributed by atoms with E-state index < -0.39 is 16.7 Å². The molecule has 0 bridgehead atoms. The van der Waals surface area contributed by atoms with Crippen LogP contribution in [-0.2, 0) is 4.74 Å². The number of rotatable bonds is 7. The lowest BCUT2D eigenvalue weighted by Crippen LogP contribution is -2.18. The summed E-state index contributed by atoms with van der Waals surface area (Å²) in [7, 11) is 0. The van der Waals surface area contributed by atoms with Crippen molar-refractivity contribution < 1.29 is 19.7 Å². The lowest BCUT2D eigenvalue weighted by atomic mass is 10.1. The predicted octanol–water partition coefficient (Wildman–Crippen LogP) is 2.43. The third-order valence-electron chi connectivity index (χ3n) is 3.38. The van der Waals surface area contributed by atoms with E-state index in [4.69, 9.17) is 10.5 Å². The molecule has 1 amide bonds. The van der Waals surface area contributed by atoms with Crippen LogP contribution >= 0.6 is 0 Å². The van der Waals surface area contributed by atoms with Crippen LogP contribution < -0.4 is 16.4 Å². The molecule has 1 heterocycles. The number of hydrogen-bond donors (Lipinski definition) is 4. The van der Waals surface area contributed by atoms with E-state index in [1.807, 2.05) is 0 Å². The second-order valence-corrected chi connectivity index (χ2v) is 5.16. The number of nitrogens with one attached hydrogen (secondary N) is 2. The number of nitrogens with zero attached hydrogens (tertiary/aromatic N) is 3. The first-order chi connectivity index (χ1) is 13.0. The molecule has 142 valence electrons. The zero-order valence-electron chi connectivity index (χ0n) is 14.4. The average Bonchev–Trinajstić information content (AvgIpc) is 2.62. The van der Waals surface area contributed by atoms with E-state index >= 15 is 0 Å². The fourth-order valence-electron chi connectivity index (χ4n) is 2.23. The van der Waals surface area contributed by atoms with Gasteiger partial charge in [0.05, 0.1) is 18.1 Å². The van der Waals surface area contributed by atoms with Gasteiger partial charge in [0.25, 0.3) is 0 Å². The van der Waals surface area contributed by atoms with Crippen LogP contribution in [-0.4, -0.2) is 40.1 Å². The van der Waals surface area contributed by atoms with E-state index in [0.717, 1.165) is 0 Å². The molecule has 5 N–H and O–H groups in total. The molecule has 1 aromatic carbocycles. The Kier molecular flexibility index (Phi) is 6.47. The number of aromatic nitrogens is 1. The van der Waals surface area contributed by atoms with Crippen LogP contribution in [0.1, 0.15) is 12.5 Å². The van der Waals surface area contributed by atoms with Gasteiger partial charge in [-0.1, -0.05) is 35.5 Å². The molecule has 0 unspecified atom stereocenters. The number of ether oxygens (including phenoxy) is 1. The number of amides is 1. The van der Waals surface area contributed by atoms with Gasteiger partial charge in [0, 0.05) is 11.6 Å². The zero-order chi connectivity index (χ0) is 19.8. The second-order valence-electron chi connectivity index (χ2n) is 5.16. The summed E-state index contributed by atoms with van der Waals surface area (Å²) in [5.74, 6) is -0.416. The van der Waals surface area contributed by atoms with Crippen molar-refractivity contribution in [1.29, 1.82) is 0 Å². The Morgan fingerprint density at radius 3 is 2.70 bits per heavy atom. The summed E-state index contributed by atoms with van der Waals surface area (Å²) in [6, 6.07) is 10.0. The number of nitrogen functional groups attached to an aromatic ring is 1. The van der Waals surface area contributed by atoms with Crippen LogP contribution in [0.2, 0.25) is 0 Å². The lowest BCUT2D eigenvalue weighted by Gasteiger charge is -2.12. The molecule has 0 aliphatic rings. The molecule has 27 heavy (non-hydrogen) atoms. The molecular formula is C16H18N6O5. The number of nitro groups is 1. The summed E-state index contributed by atoms with van der Waals surface area (Å²) in [6.45, 7) is 1.74. The van der Waals surface area contributed by atoms with Crippen LogP contribution in [0.3, 0.4) is 0 Å². The topological polar surface area (TPSA) is 165 Å². The van der Waals surface area contributed by atoms with Crippen LogP contribution in [0.5, 0.6) is 0 Å². The van der Waals surface area contributed by atoms with Crippen LogP contribution in [0, 0.1) is 10.1 Å². The zero-order valence-corrected chi connectivity index (χ0v) is 14.4. The summed E-state index contributed by atoms with van der Waals surface area (Å²) in [5.41, 5.74) is 6.07. The van der Waals surface area contributed by atoms with Gasteiger partial charge in [-0.2, -0.15) is 0 Å². The third kappa shape index (κ3) is 5.04. The highest BCUT2D eigenvalue weighted by atomic mass is 16.6. The van der Waals surface area contributed by atoms with Gasteiger partial charge in [-0.15, -0.1) is 0 Å². The van der Waals surface area contributed by atoms with Crippen LogP contribution in [0.25, 0.3) is 0 Å². The van der Waals surface area contributed by atoms with Crippen molar-refractivity contribution in [3.8, 4) is 0 Å². The molecule has 2 rings (SSSR count). The summed E-state index contributed by atoms with van der Waals surface area (Å²) in [6.07, 6.45) is -0.772. The third-order valence-corrected chi connectivity index (χ3v) is 3.38.